The van der Waals surface area contributed by atoms with Crippen molar-refractivity contribution < 1.29 is 4.52 Å². The third kappa shape index (κ3) is 4.32. The summed E-state index contributed by atoms with van der Waals surface area (Å²) in [5.41, 5.74) is 18.5. The second-order valence-corrected chi connectivity index (χ2v) is 7.72. The molecule has 11 heteroatoms. The van der Waals surface area contributed by atoms with Crippen LogP contribution >= 0.6 is 0 Å². The molecule has 2 fully saturated rings. The summed E-state index contributed by atoms with van der Waals surface area (Å²) < 4.78 is 5.12. The summed E-state index contributed by atoms with van der Waals surface area (Å²) in [7, 11) is 0. The molecule has 0 radical (unpaired) electrons. The Morgan fingerprint density at radius 1 is 1.00 bits per heavy atom. The van der Waals surface area contributed by atoms with Gasteiger partial charge in [0.2, 0.25) is 17.8 Å². The molecule has 7 N–H and O–H groups in total. The van der Waals surface area contributed by atoms with E-state index in [9.17, 15) is 0 Å². The Labute approximate surface area is 163 Å². The Hall–Kier alpha value is -2.50. The summed E-state index contributed by atoms with van der Waals surface area (Å²) in [4.78, 5) is 18.0. The average molecular weight is 388 g/mol. The fraction of sp³-hybridized carbons (Fsp3) is 0.647. The van der Waals surface area contributed by atoms with Crippen LogP contribution in [-0.2, 0) is 0 Å². The Morgan fingerprint density at radius 3 is 2.32 bits per heavy atom. The molecule has 2 aromatic heterocycles. The third-order valence-electron chi connectivity index (χ3n) is 5.02. The molecular formula is C17H28N10O. The van der Waals surface area contributed by atoms with Gasteiger partial charge in [0.25, 0.3) is 0 Å². The highest BCUT2D eigenvalue weighted by molar-refractivity contribution is 5.53. The van der Waals surface area contributed by atoms with Crippen LogP contribution in [0, 0.1) is 6.92 Å². The summed E-state index contributed by atoms with van der Waals surface area (Å²) in [6.07, 6.45) is 2.80. The molecule has 152 valence electrons. The fourth-order valence-corrected chi connectivity index (χ4v) is 3.77. The van der Waals surface area contributed by atoms with Gasteiger partial charge in [-0.2, -0.15) is 15.0 Å². The first-order valence-electron chi connectivity index (χ1n) is 9.69. The van der Waals surface area contributed by atoms with Crippen LogP contribution in [0.1, 0.15) is 25.0 Å². The van der Waals surface area contributed by atoms with Crippen LogP contribution in [0.4, 0.5) is 23.7 Å². The maximum Gasteiger partial charge on any atom is 0.235 e. The second-order valence-electron chi connectivity index (χ2n) is 7.72. The summed E-state index contributed by atoms with van der Waals surface area (Å²) in [5, 5.41) is 7.06. The van der Waals surface area contributed by atoms with Crippen molar-refractivity contribution in [1.29, 1.82) is 0 Å². The van der Waals surface area contributed by atoms with Crippen molar-refractivity contribution in [3.05, 3.63) is 11.8 Å². The van der Waals surface area contributed by atoms with Gasteiger partial charge in [-0.05, 0) is 26.2 Å². The largest absolute Gasteiger partial charge is 0.360 e. The van der Waals surface area contributed by atoms with Crippen LogP contribution in [0.15, 0.2) is 10.6 Å². The van der Waals surface area contributed by atoms with Gasteiger partial charge in [-0.15, -0.1) is 0 Å². The molecule has 4 rings (SSSR count). The second kappa shape index (κ2) is 7.86. The minimum Gasteiger partial charge on any atom is -0.360 e. The number of nitrogens with zero attached hydrogens (tertiary/aromatic N) is 6. The van der Waals surface area contributed by atoms with Crippen molar-refractivity contribution >= 4 is 23.7 Å². The van der Waals surface area contributed by atoms with E-state index in [1.807, 2.05) is 11.8 Å². The van der Waals surface area contributed by atoms with Crippen molar-refractivity contribution in [2.45, 2.75) is 44.3 Å². The van der Waals surface area contributed by atoms with Gasteiger partial charge >= 0.3 is 0 Å². The number of nitrogens with one attached hydrogen (secondary N) is 1. The molecule has 11 nitrogen and oxygen atoms in total. The predicted molar refractivity (Wildman–Crippen MR) is 107 cm³/mol. The predicted octanol–water partition coefficient (Wildman–Crippen LogP) is -0.296. The SMILES string of the molecule is Cc1cc(Nc2nc(N3CCC[C@@H](N)C3)nc(N3C[C@H](N)C[C@H](N)C3)n2)no1. The average Bonchev–Trinajstić information content (AvgIpc) is 3.05. The zero-order valence-corrected chi connectivity index (χ0v) is 16.1. The Morgan fingerprint density at radius 2 is 1.68 bits per heavy atom. The van der Waals surface area contributed by atoms with Gasteiger partial charge in [0.15, 0.2) is 5.82 Å². The molecule has 0 bridgehead atoms. The highest BCUT2D eigenvalue weighted by atomic mass is 16.5. The lowest BCUT2D eigenvalue weighted by molar-refractivity contribution is 0.400. The maximum absolute atomic E-state index is 6.16. The van der Waals surface area contributed by atoms with Crippen LogP contribution in [-0.4, -0.2) is 64.4 Å². The van der Waals surface area contributed by atoms with Crippen molar-refractivity contribution in [2.24, 2.45) is 17.2 Å². The number of aryl methyl sites for hydroxylation is 1. The van der Waals surface area contributed by atoms with Gasteiger partial charge in [-0.25, -0.2) is 0 Å². The van der Waals surface area contributed by atoms with Crippen molar-refractivity contribution in [3.63, 3.8) is 0 Å². The molecule has 0 aromatic carbocycles. The van der Waals surface area contributed by atoms with Crippen LogP contribution in [0.5, 0.6) is 0 Å². The third-order valence-corrected chi connectivity index (χ3v) is 5.02. The quantitative estimate of drug-likeness (QED) is 0.544. The van der Waals surface area contributed by atoms with E-state index >= 15 is 0 Å². The lowest BCUT2D eigenvalue weighted by atomic mass is 10.0. The molecule has 0 saturated carbocycles. The molecule has 0 spiro atoms. The minimum atomic E-state index is -0.0121. The Kier molecular flexibility index (Phi) is 5.29. The topological polar surface area (TPSA) is 161 Å². The van der Waals surface area contributed by atoms with Crippen molar-refractivity contribution in [2.75, 3.05) is 41.3 Å². The molecule has 0 amide bonds. The minimum absolute atomic E-state index is 0.0121. The number of hydrogen-bond donors (Lipinski definition) is 4. The van der Waals surface area contributed by atoms with Crippen LogP contribution in [0.25, 0.3) is 0 Å². The summed E-state index contributed by atoms with van der Waals surface area (Å²) >= 11 is 0. The fourth-order valence-electron chi connectivity index (χ4n) is 3.77. The lowest BCUT2D eigenvalue weighted by Gasteiger charge is -2.35. The molecule has 2 saturated heterocycles. The number of nitrogens with two attached hydrogens (primary N) is 3. The Bertz CT molecular complexity index is 801. The highest BCUT2D eigenvalue weighted by Crippen LogP contribution is 2.23. The smallest absolute Gasteiger partial charge is 0.235 e. The van der Waals surface area contributed by atoms with E-state index in [0.717, 1.165) is 25.8 Å². The van der Waals surface area contributed by atoms with E-state index in [4.69, 9.17) is 26.7 Å². The van der Waals surface area contributed by atoms with Gasteiger partial charge in [-0.1, -0.05) is 5.16 Å². The van der Waals surface area contributed by atoms with Gasteiger partial charge in [0.1, 0.15) is 5.76 Å². The van der Waals surface area contributed by atoms with E-state index in [1.165, 1.54) is 0 Å². The van der Waals surface area contributed by atoms with Crippen molar-refractivity contribution in [1.82, 2.24) is 20.1 Å². The molecule has 0 unspecified atom stereocenters. The van der Waals surface area contributed by atoms with Gasteiger partial charge < -0.3 is 36.8 Å². The van der Waals surface area contributed by atoms with Gasteiger partial charge in [0.05, 0.1) is 0 Å². The maximum atomic E-state index is 6.16. The normalized spacial score (nSPS) is 25.8. The number of piperidine rings is 2. The van der Waals surface area contributed by atoms with E-state index < -0.39 is 0 Å². The molecule has 2 aliphatic heterocycles. The number of anilines is 4. The monoisotopic (exact) mass is 388 g/mol. The summed E-state index contributed by atoms with van der Waals surface area (Å²) in [5.74, 6) is 2.79. The van der Waals surface area contributed by atoms with E-state index in [2.05, 4.69) is 25.3 Å². The van der Waals surface area contributed by atoms with Gasteiger partial charge in [-0.3, -0.25) is 0 Å². The zero-order valence-electron chi connectivity index (χ0n) is 16.1. The lowest BCUT2D eigenvalue weighted by Crippen LogP contribution is -2.53. The molecule has 2 aromatic rings. The molecule has 2 aliphatic rings. The zero-order chi connectivity index (χ0) is 19.7. The van der Waals surface area contributed by atoms with Crippen LogP contribution < -0.4 is 32.3 Å². The summed E-state index contributed by atoms with van der Waals surface area (Å²) in [6.45, 7) is 4.70. The molecule has 3 atom stereocenters. The molecule has 4 heterocycles. The Balaban J connectivity index is 1.65. The van der Waals surface area contributed by atoms with E-state index in [0.29, 0.717) is 49.1 Å². The molecular weight excluding hydrogens is 360 g/mol. The first-order chi connectivity index (χ1) is 13.5. The number of rotatable bonds is 4. The molecule has 0 aliphatic carbocycles. The first-order valence-corrected chi connectivity index (χ1v) is 9.69. The van der Waals surface area contributed by atoms with E-state index in [-0.39, 0.29) is 18.1 Å². The van der Waals surface area contributed by atoms with Crippen LogP contribution in [0.3, 0.4) is 0 Å². The van der Waals surface area contributed by atoms with E-state index in [1.54, 1.807) is 6.07 Å². The van der Waals surface area contributed by atoms with Gasteiger partial charge in [0, 0.05) is 50.4 Å². The molecule has 28 heavy (non-hydrogen) atoms. The van der Waals surface area contributed by atoms with Crippen molar-refractivity contribution in [3.8, 4) is 0 Å². The highest BCUT2D eigenvalue weighted by Gasteiger charge is 2.27. The number of aromatic nitrogens is 4. The summed E-state index contributed by atoms with van der Waals surface area (Å²) in [6, 6.07) is 1.87. The first kappa shape index (κ1) is 18.8. The number of hydrogen-bond acceptors (Lipinski definition) is 11. The van der Waals surface area contributed by atoms with Crippen LogP contribution in [0.2, 0.25) is 0 Å². The standard InChI is InChI=1S/C17H28N10O/c1-10-5-14(25-28-10)21-15-22-16(26-4-2-3-11(18)7-26)24-17(23-15)27-8-12(19)6-13(20)9-27/h5,11-13H,2-4,6-9,18-20H2,1H3,(H,21,22,23,24,25)/t11-,12-,13+/m1/s1.